The summed E-state index contributed by atoms with van der Waals surface area (Å²) in [4.78, 5) is 85.4. The number of esters is 2. The van der Waals surface area contributed by atoms with Gasteiger partial charge in [-0.15, -0.1) is 0 Å². The molecule has 0 aromatic carbocycles. The second-order valence-electron chi connectivity index (χ2n) is 21.8. The molecular weight excluding hydrogens is 943 g/mol. The molecule has 2 bridgehead atoms. The predicted octanol–water partition coefficient (Wildman–Crippen LogP) is 5.72. The van der Waals surface area contributed by atoms with E-state index in [1.807, 2.05) is 51.2 Å². The van der Waals surface area contributed by atoms with E-state index < -0.39 is 120 Å². The molecule has 4 N–H and O–H groups in total. The summed E-state index contributed by atoms with van der Waals surface area (Å²) in [5, 5.41) is 43.1. The summed E-state index contributed by atoms with van der Waals surface area (Å²) < 4.78 is 35.4. The minimum atomic E-state index is -2.47. The molecule has 3 heterocycles. The standard InChI is InChI=1S/C56H87NO16/c1-33-17-13-12-14-18-34(2)45(68-9)29-41-22-20-39(7)56(67,73-41)51(63)52(64)57-24-16-15-19-42(57)53(65)71-46(30-43(60)35(3)26-38(6)49(62)50(70-11)48(61)37(5)25-33)36(4)27-40-21-23-44(47(28-40)69-10)72-54(66)55(8,31-58)32-59/h12-14,17-18,26,33,35-37,39-42,44-47,49-50,58-59,62,67H,15-16,19-25,27-32H2,1-11H3/b14-12+,17-13+,34-18+,38-26+/t33-,35-,36-,37-,39-,40-,41+,42+,44-,45+,46+,47-,49-,50+,56-/m1/s1. The van der Waals surface area contributed by atoms with Crippen molar-refractivity contribution in [3.05, 3.63) is 47.6 Å². The Morgan fingerprint density at radius 2 is 1.56 bits per heavy atom. The fourth-order valence-corrected chi connectivity index (χ4v) is 10.7. The average molecular weight is 1030 g/mol. The molecule has 1 aliphatic carbocycles. The number of nitrogens with zero attached hydrogens (tertiary/aromatic N) is 1. The maximum atomic E-state index is 14.5. The van der Waals surface area contributed by atoms with E-state index in [4.69, 9.17) is 28.4 Å². The molecule has 17 nitrogen and oxygen atoms in total. The summed E-state index contributed by atoms with van der Waals surface area (Å²) in [6.45, 7) is 12.7. The van der Waals surface area contributed by atoms with Gasteiger partial charge in [-0.1, -0.05) is 71.1 Å². The lowest BCUT2D eigenvalue weighted by atomic mass is 9.78. The molecule has 73 heavy (non-hydrogen) atoms. The van der Waals surface area contributed by atoms with Gasteiger partial charge in [0.15, 0.2) is 5.78 Å². The Balaban J connectivity index is 1.69. The van der Waals surface area contributed by atoms with E-state index in [-0.39, 0.29) is 42.8 Å². The third-order valence-corrected chi connectivity index (χ3v) is 15.9. The summed E-state index contributed by atoms with van der Waals surface area (Å²) in [7, 11) is 4.43. The number of ketones is 3. The molecule has 3 fully saturated rings. The number of aliphatic hydroxyl groups is 4. The zero-order chi connectivity index (χ0) is 54.4. The molecule has 4 rings (SSSR count). The van der Waals surface area contributed by atoms with Gasteiger partial charge >= 0.3 is 11.9 Å². The number of carbonyl (C=O) groups is 6. The van der Waals surface area contributed by atoms with Crippen LogP contribution in [0.2, 0.25) is 0 Å². The van der Waals surface area contributed by atoms with E-state index in [9.17, 15) is 49.2 Å². The highest BCUT2D eigenvalue weighted by Gasteiger charge is 2.53. The van der Waals surface area contributed by atoms with Crippen LogP contribution in [0.1, 0.15) is 132 Å². The highest BCUT2D eigenvalue weighted by atomic mass is 16.6. The van der Waals surface area contributed by atoms with Gasteiger partial charge < -0.3 is 53.7 Å². The number of Topliss-reactive ketones (excluding diaryl/α,β-unsaturated/α-hetero) is 3. The van der Waals surface area contributed by atoms with Gasteiger partial charge in [0.25, 0.3) is 11.7 Å². The Morgan fingerprint density at radius 1 is 0.863 bits per heavy atom. The van der Waals surface area contributed by atoms with Crippen molar-refractivity contribution in [2.75, 3.05) is 41.1 Å². The van der Waals surface area contributed by atoms with E-state index in [1.54, 1.807) is 40.9 Å². The van der Waals surface area contributed by atoms with Crippen LogP contribution in [-0.2, 0) is 57.2 Å². The Bertz CT molecular complexity index is 2010. The number of carbonyl (C=O) groups excluding carboxylic acids is 6. The number of hydrogen-bond acceptors (Lipinski definition) is 16. The molecule has 0 unspecified atom stereocenters. The maximum absolute atomic E-state index is 14.5. The largest absolute Gasteiger partial charge is 0.460 e. The highest BCUT2D eigenvalue weighted by molar-refractivity contribution is 6.39. The van der Waals surface area contributed by atoms with Crippen LogP contribution in [0.3, 0.4) is 0 Å². The lowest BCUT2D eigenvalue weighted by Crippen LogP contribution is -2.61. The molecule has 4 aliphatic rings. The summed E-state index contributed by atoms with van der Waals surface area (Å²) in [5.41, 5.74) is -0.277. The van der Waals surface area contributed by atoms with Crippen molar-refractivity contribution >= 4 is 35.2 Å². The molecule has 0 spiro atoms. The first-order valence-electron chi connectivity index (χ1n) is 26.4. The van der Waals surface area contributed by atoms with Gasteiger partial charge in [-0.05, 0) is 114 Å². The molecule has 1 amide bonds. The van der Waals surface area contributed by atoms with Gasteiger partial charge in [-0.2, -0.15) is 0 Å². The van der Waals surface area contributed by atoms with E-state index in [0.29, 0.717) is 69.8 Å². The van der Waals surface area contributed by atoms with Crippen LogP contribution in [0.25, 0.3) is 0 Å². The quantitative estimate of drug-likeness (QED) is 0.116. The van der Waals surface area contributed by atoms with Gasteiger partial charge in [0.1, 0.15) is 41.7 Å². The Morgan fingerprint density at radius 3 is 2.21 bits per heavy atom. The van der Waals surface area contributed by atoms with Gasteiger partial charge in [0, 0.05) is 58.5 Å². The van der Waals surface area contributed by atoms with Crippen molar-refractivity contribution in [1.82, 2.24) is 4.90 Å². The zero-order valence-electron chi connectivity index (χ0n) is 45.3. The third kappa shape index (κ3) is 16.0. The molecule has 412 valence electrons. The lowest BCUT2D eigenvalue weighted by Gasteiger charge is -2.42. The normalized spacial score (nSPS) is 37.4. The molecule has 0 radical (unpaired) electrons. The number of ether oxygens (including phenoxy) is 6. The van der Waals surface area contributed by atoms with Crippen molar-refractivity contribution < 1.29 is 77.6 Å². The summed E-state index contributed by atoms with van der Waals surface area (Å²) >= 11 is 0. The number of rotatable bonds is 10. The van der Waals surface area contributed by atoms with Crippen molar-refractivity contribution in [2.24, 2.45) is 40.9 Å². The molecular formula is C56H87NO16. The summed E-state index contributed by atoms with van der Waals surface area (Å²) in [5.74, 6) is -9.36. The number of methoxy groups -OCH3 is 3. The van der Waals surface area contributed by atoms with Gasteiger partial charge in [0.05, 0.1) is 31.5 Å². The highest BCUT2D eigenvalue weighted by Crippen LogP contribution is 2.38. The van der Waals surface area contributed by atoms with Crippen LogP contribution in [0, 0.1) is 40.9 Å². The molecule has 0 aromatic heterocycles. The average Bonchev–Trinajstić information content (AvgIpc) is 3.37. The smallest absolute Gasteiger partial charge is 0.329 e. The topological polar surface area (TPSA) is 242 Å². The molecule has 0 aromatic rings. The molecule has 1 saturated carbocycles. The number of cyclic esters (lactones) is 1. The van der Waals surface area contributed by atoms with E-state index in [1.165, 1.54) is 21.1 Å². The van der Waals surface area contributed by atoms with Crippen molar-refractivity contribution in [3.63, 3.8) is 0 Å². The lowest BCUT2D eigenvalue weighted by molar-refractivity contribution is -0.265. The number of hydrogen-bond donors (Lipinski definition) is 4. The monoisotopic (exact) mass is 1030 g/mol. The van der Waals surface area contributed by atoms with E-state index in [2.05, 4.69) is 0 Å². The Hall–Kier alpha value is -3.94. The molecule has 2 saturated heterocycles. The minimum absolute atomic E-state index is 0.00697. The number of allylic oxidation sites excluding steroid dienone is 6. The third-order valence-electron chi connectivity index (χ3n) is 15.9. The predicted molar refractivity (Wildman–Crippen MR) is 271 cm³/mol. The van der Waals surface area contributed by atoms with Crippen LogP contribution in [-0.4, -0.2) is 156 Å². The van der Waals surface area contributed by atoms with E-state index >= 15 is 0 Å². The van der Waals surface area contributed by atoms with Crippen LogP contribution in [0.15, 0.2) is 47.6 Å². The molecule has 3 aliphatic heterocycles. The van der Waals surface area contributed by atoms with Crippen molar-refractivity contribution in [2.45, 2.75) is 187 Å². The Labute approximate surface area is 433 Å². The second-order valence-corrected chi connectivity index (χ2v) is 21.8. The van der Waals surface area contributed by atoms with Crippen LogP contribution >= 0.6 is 0 Å². The maximum Gasteiger partial charge on any atom is 0.329 e. The van der Waals surface area contributed by atoms with Crippen LogP contribution in [0.4, 0.5) is 0 Å². The number of fused-ring (bicyclic) bond motifs is 3. The van der Waals surface area contributed by atoms with E-state index in [0.717, 1.165) is 10.5 Å². The van der Waals surface area contributed by atoms with Gasteiger partial charge in [0.2, 0.25) is 5.79 Å². The first-order valence-corrected chi connectivity index (χ1v) is 26.4. The zero-order valence-corrected chi connectivity index (χ0v) is 45.3. The summed E-state index contributed by atoms with van der Waals surface area (Å²) in [6, 6.07) is -1.20. The number of aliphatic hydroxyl groups excluding tert-OH is 3. The van der Waals surface area contributed by atoms with Crippen LogP contribution < -0.4 is 0 Å². The van der Waals surface area contributed by atoms with Gasteiger partial charge in [-0.25, -0.2) is 4.79 Å². The van der Waals surface area contributed by atoms with Gasteiger partial charge in [-0.3, -0.25) is 24.0 Å². The first-order chi connectivity index (χ1) is 34.5. The number of amides is 1. The molecule has 17 heteroatoms. The molecule has 15 atom stereocenters. The van der Waals surface area contributed by atoms with Crippen molar-refractivity contribution in [3.8, 4) is 0 Å². The summed E-state index contributed by atoms with van der Waals surface area (Å²) in [6.07, 6.45) is 9.76. The SMILES string of the molecule is CO[C@H]1C[C@@H]2CC[C@@H](C)[C@@](O)(O2)C(=O)C(=O)N2CCCC[C@H]2C(=O)O[C@H]([C@H](C)C[C@H]2CC[C@@H](OC(=O)C(C)(CO)CO)[C@H](OC)C2)CC(=O)[C@H](C)/C=C(\C)[C@@H](O)[C@@H](OC)C(=O)[C@H](C)C[C@H](C)/C=C/C=C/C=C/1C. The second kappa shape index (κ2) is 28.3. The van der Waals surface area contributed by atoms with Crippen molar-refractivity contribution in [1.29, 1.82) is 0 Å². The fraction of sp³-hybridized carbons (Fsp3) is 0.750. The first kappa shape index (κ1) is 61.6. The Kier molecular flexibility index (Phi) is 23.9. The van der Waals surface area contributed by atoms with Crippen LogP contribution in [0.5, 0.6) is 0 Å². The number of piperidine rings is 1. The fourth-order valence-electron chi connectivity index (χ4n) is 10.7. The minimum Gasteiger partial charge on any atom is -0.460 e.